The predicted molar refractivity (Wildman–Crippen MR) is 126 cm³/mol. The summed E-state index contributed by atoms with van der Waals surface area (Å²) in [6.07, 6.45) is 0.869. The fraction of sp³-hybridized carbons (Fsp3) is 0.185. The largest absolute Gasteiger partial charge is 0.508 e. The van der Waals surface area contributed by atoms with Gasteiger partial charge in [0.05, 0.1) is 18.2 Å². The van der Waals surface area contributed by atoms with Crippen molar-refractivity contribution in [2.24, 2.45) is 0 Å². The number of hydrogen-bond acceptors (Lipinski definition) is 5. The van der Waals surface area contributed by atoms with Gasteiger partial charge in [0.1, 0.15) is 17.3 Å². The molecule has 2 N–H and O–H groups in total. The maximum atomic E-state index is 13.2. The minimum absolute atomic E-state index is 0.000537. The molecule has 1 atom stereocenters. The summed E-state index contributed by atoms with van der Waals surface area (Å²) in [4.78, 5) is 27.6. The Hall–Kier alpha value is -4.06. The fourth-order valence-electron chi connectivity index (χ4n) is 4.02. The van der Waals surface area contributed by atoms with E-state index >= 15 is 0 Å². The Bertz CT molecular complexity index is 1230. The smallest absolute Gasteiger partial charge is 0.300 e. The van der Waals surface area contributed by atoms with Crippen LogP contribution in [-0.2, 0) is 9.59 Å². The van der Waals surface area contributed by atoms with E-state index in [1.54, 1.807) is 54.6 Å². The highest BCUT2D eigenvalue weighted by Gasteiger charge is 2.47. The number of aliphatic hydroxyl groups is 1. The molecule has 0 aliphatic carbocycles. The molecule has 0 saturated carbocycles. The predicted octanol–water partition coefficient (Wildman–Crippen LogP) is 5.12. The first kappa shape index (κ1) is 22.1. The van der Waals surface area contributed by atoms with E-state index in [1.165, 1.54) is 17.0 Å². The number of hydrogen-bond donors (Lipinski definition) is 2. The molecule has 1 aliphatic heterocycles. The van der Waals surface area contributed by atoms with Gasteiger partial charge in [-0.15, -0.1) is 0 Å². The van der Waals surface area contributed by atoms with Gasteiger partial charge in [0.2, 0.25) is 0 Å². The zero-order valence-electron chi connectivity index (χ0n) is 18.5. The van der Waals surface area contributed by atoms with E-state index in [9.17, 15) is 19.8 Å². The topological polar surface area (TPSA) is 87.1 Å². The first-order valence-corrected chi connectivity index (χ1v) is 10.8. The molecular formula is C27H25NO5. The van der Waals surface area contributed by atoms with Crippen LogP contribution in [0.4, 0.5) is 5.69 Å². The first-order chi connectivity index (χ1) is 15.9. The van der Waals surface area contributed by atoms with Crippen molar-refractivity contribution in [3.8, 4) is 11.5 Å². The Labute approximate surface area is 192 Å². The van der Waals surface area contributed by atoms with Gasteiger partial charge in [-0.05, 0) is 66.9 Å². The number of ketones is 1. The van der Waals surface area contributed by atoms with Crippen LogP contribution in [0.2, 0.25) is 0 Å². The van der Waals surface area contributed by atoms with Crippen molar-refractivity contribution in [2.45, 2.75) is 26.3 Å². The molecule has 1 aliphatic rings. The van der Waals surface area contributed by atoms with Gasteiger partial charge in [0, 0.05) is 11.3 Å². The maximum Gasteiger partial charge on any atom is 0.300 e. The molecule has 4 rings (SSSR count). The van der Waals surface area contributed by atoms with Crippen LogP contribution in [-0.4, -0.2) is 28.5 Å². The first-order valence-electron chi connectivity index (χ1n) is 10.8. The minimum Gasteiger partial charge on any atom is -0.508 e. The summed E-state index contributed by atoms with van der Waals surface area (Å²) in [6, 6.07) is 19.4. The number of aliphatic hydroxyl groups excluding tert-OH is 1. The highest BCUT2D eigenvalue weighted by atomic mass is 16.5. The van der Waals surface area contributed by atoms with E-state index in [0.717, 1.165) is 12.0 Å². The number of benzene rings is 3. The van der Waals surface area contributed by atoms with Gasteiger partial charge in [-0.3, -0.25) is 14.5 Å². The van der Waals surface area contributed by atoms with E-state index in [4.69, 9.17) is 4.74 Å². The molecule has 0 aromatic heterocycles. The van der Waals surface area contributed by atoms with Crippen LogP contribution < -0.4 is 9.64 Å². The maximum absolute atomic E-state index is 13.2. The lowest BCUT2D eigenvalue weighted by Gasteiger charge is -2.25. The van der Waals surface area contributed by atoms with Gasteiger partial charge in [-0.1, -0.05) is 37.3 Å². The number of anilines is 1. The zero-order chi connectivity index (χ0) is 23.5. The van der Waals surface area contributed by atoms with Gasteiger partial charge < -0.3 is 14.9 Å². The summed E-state index contributed by atoms with van der Waals surface area (Å²) in [5, 5.41) is 21.3. The van der Waals surface area contributed by atoms with Crippen LogP contribution in [0.1, 0.15) is 36.1 Å². The van der Waals surface area contributed by atoms with Crippen LogP contribution >= 0.6 is 0 Å². The third-order valence-corrected chi connectivity index (χ3v) is 5.57. The summed E-state index contributed by atoms with van der Waals surface area (Å²) in [7, 11) is 0. The third kappa shape index (κ3) is 4.20. The van der Waals surface area contributed by atoms with Crippen molar-refractivity contribution in [1.29, 1.82) is 0 Å². The number of aromatic hydroxyl groups is 1. The van der Waals surface area contributed by atoms with Crippen LogP contribution in [0.25, 0.3) is 5.76 Å². The zero-order valence-corrected chi connectivity index (χ0v) is 18.5. The van der Waals surface area contributed by atoms with Gasteiger partial charge in [0.15, 0.2) is 0 Å². The van der Waals surface area contributed by atoms with Gasteiger partial charge in [-0.2, -0.15) is 0 Å². The monoisotopic (exact) mass is 443 g/mol. The second kappa shape index (κ2) is 9.20. The average molecular weight is 443 g/mol. The number of ether oxygens (including phenoxy) is 1. The molecule has 1 amide bonds. The second-order valence-electron chi connectivity index (χ2n) is 7.93. The molecule has 3 aromatic carbocycles. The molecule has 0 radical (unpaired) electrons. The minimum atomic E-state index is -0.893. The molecule has 1 saturated heterocycles. The molecule has 33 heavy (non-hydrogen) atoms. The van der Waals surface area contributed by atoms with Crippen LogP contribution in [0.3, 0.4) is 0 Å². The molecule has 1 heterocycles. The van der Waals surface area contributed by atoms with E-state index in [2.05, 4.69) is 0 Å². The fourth-order valence-corrected chi connectivity index (χ4v) is 4.02. The van der Waals surface area contributed by atoms with Gasteiger partial charge in [0.25, 0.3) is 11.7 Å². The molecule has 0 spiro atoms. The highest BCUT2D eigenvalue weighted by Crippen LogP contribution is 2.42. The van der Waals surface area contributed by atoms with Gasteiger partial charge >= 0.3 is 0 Å². The Morgan fingerprint density at radius 1 is 1.00 bits per heavy atom. The van der Waals surface area contributed by atoms with E-state index in [0.29, 0.717) is 29.2 Å². The van der Waals surface area contributed by atoms with Crippen molar-refractivity contribution in [3.05, 3.63) is 95.1 Å². The molecule has 6 heteroatoms. The Morgan fingerprint density at radius 2 is 1.76 bits per heavy atom. The quantitative estimate of drug-likeness (QED) is 0.314. The van der Waals surface area contributed by atoms with Crippen molar-refractivity contribution in [2.75, 3.05) is 11.5 Å². The second-order valence-corrected chi connectivity index (χ2v) is 7.93. The number of Topliss-reactive ketones (excluding diaryl/α,β-unsaturated/α-hetero) is 1. The average Bonchev–Trinajstić information content (AvgIpc) is 3.09. The van der Waals surface area contributed by atoms with Crippen LogP contribution in [0.15, 0.2) is 78.4 Å². The number of aryl methyl sites for hydroxylation is 1. The molecule has 3 aromatic rings. The Kier molecular flexibility index (Phi) is 6.18. The summed E-state index contributed by atoms with van der Waals surface area (Å²) in [5.41, 5.74) is 2.22. The molecule has 6 nitrogen and oxygen atoms in total. The summed E-state index contributed by atoms with van der Waals surface area (Å²) in [6.45, 7) is 4.45. The number of phenolic OH excluding ortho intramolecular Hbond substituents is 1. The lowest BCUT2D eigenvalue weighted by Crippen LogP contribution is -2.29. The number of amides is 1. The molecular weight excluding hydrogens is 418 g/mol. The Balaban J connectivity index is 1.87. The lowest BCUT2D eigenvalue weighted by molar-refractivity contribution is -0.132. The van der Waals surface area contributed by atoms with Crippen molar-refractivity contribution < 1.29 is 24.5 Å². The standard InChI is InChI=1S/C27H25NO5/c1-3-14-33-22-13-12-19(15-17(22)2)25(30)23-24(18-8-7-11-21(29)16-18)28(27(32)26(23)31)20-9-5-4-6-10-20/h4-13,15-16,24,29-30H,3,14H2,1-2H3/b25-23-. The Morgan fingerprint density at radius 3 is 2.42 bits per heavy atom. The van der Waals surface area contributed by atoms with E-state index in [-0.39, 0.29) is 17.1 Å². The van der Waals surface area contributed by atoms with Crippen molar-refractivity contribution in [3.63, 3.8) is 0 Å². The third-order valence-electron chi connectivity index (χ3n) is 5.57. The lowest BCUT2D eigenvalue weighted by atomic mass is 9.94. The van der Waals surface area contributed by atoms with Crippen LogP contribution in [0, 0.1) is 6.92 Å². The summed E-state index contributed by atoms with van der Waals surface area (Å²) < 4.78 is 5.71. The summed E-state index contributed by atoms with van der Waals surface area (Å²) >= 11 is 0. The number of para-hydroxylation sites is 1. The number of phenols is 1. The summed E-state index contributed by atoms with van der Waals surface area (Å²) in [5.74, 6) is -1.10. The normalized spacial score (nSPS) is 17.4. The van der Waals surface area contributed by atoms with Crippen molar-refractivity contribution >= 4 is 23.1 Å². The number of nitrogens with zero attached hydrogens (tertiary/aromatic N) is 1. The van der Waals surface area contributed by atoms with Crippen molar-refractivity contribution in [1.82, 2.24) is 0 Å². The SMILES string of the molecule is CCCOc1ccc(/C(O)=C2/C(=O)C(=O)N(c3ccccc3)C2c2cccc(O)c2)cc1C. The molecule has 0 bridgehead atoms. The van der Waals surface area contributed by atoms with E-state index in [1.807, 2.05) is 19.9 Å². The van der Waals surface area contributed by atoms with Gasteiger partial charge in [-0.25, -0.2) is 0 Å². The van der Waals surface area contributed by atoms with E-state index < -0.39 is 17.7 Å². The highest BCUT2D eigenvalue weighted by molar-refractivity contribution is 6.51. The number of carbonyl (C=O) groups excluding carboxylic acids is 2. The number of carbonyl (C=O) groups is 2. The molecule has 1 unspecified atom stereocenters. The molecule has 1 fully saturated rings. The number of rotatable bonds is 6. The van der Waals surface area contributed by atoms with Crippen LogP contribution in [0.5, 0.6) is 11.5 Å². The molecule has 168 valence electrons.